The molecule has 0 bridgehead atoms. The van der Waals surface area contributed by atoms with Crippen LogP contribution >= 0.6 is 0 Å². The van der Waals surface area contributed by atoms with Crippen LogP contribution in [0.25, 0.3) is 0 Å². The van der Waals surface area contributed by atoms with Gasteiger partial charge in [0.05, 0.1) is 5.56 Å². The van der Waals surface area contributed by atoms with Gasteiger partial charge in [-0.15, -0.1) is 0 Å². The zero-order valence-electron chi connectivity index (χ0n) is 14.7. The molecule has 0 fully saturated rings. The molecule has 1 aliphatic heterocycles. The molecule has 25 heavy (non-hydrogen) atoms. The Bertz CT molecular complexity index is 772. The Kier molecular flexibility index (Phi) is 5.08. The Morgan fingerprint density at radius 1 is 1.28 bits per heavy atom. The molecule has 1 amide bonds. The Morgan fingerprint density at radius 3 is 2.84 bits per heavy atom. The molecule has 0 unspecified atom stereocenters. The van der Waals surface area contributed by atoms with Crippen LogP contribution in [0.2, 0.25) is 0 Å². The van der Waals surface area contributed by atoms with Gasteiger partial charge in [-0.1, -0.05) is 43.8 Å². The van der Waals surface area contributed by atoms with Crippen LogP contribution in [-0.4, -0.2) is 23.5 Å². The van der Waals surface area contributed by atoms with Crippen LogP contribution in [0.5, 0.6) is 5.75 Å². The summed E-state index contributed by atoms with van der Waals surface area (Å²) in [4.78, 5) is 15.0. The molecule has 4 nitrogen and oxygen atoms in total. The minimum absolute atomic E-state index is 0.0612. The third-order valence-corrected chi connectivity index (χ3v) is 4.57. The fraction of sp³-hybridized carbons (Fsp3) is 0.286. The molecule has 0 saturated heterocycles. The third-order valence-electron chi connectivity index (χ3n) is 4.57. The van der Waals surface area contributed by atoms with Crippen molar-refractivity contribution in [2.75, 3.05) is 11.9 Å². The van der Waals surface area contributed by atoms with E-state index in [2.05, 4.69) is 25.7 Å². The van der Waals surface area contributed by atoms with Crippen LogP contribution in [0.1, 0.15) is 42.4 Å². The predicted molar refractivity (Wildman–Crippen MR) is 101 cm³/mol. The van der Waals surface area contributed by atoms with E-state index in [0.29, 0.717) is 6.61 Å². The number of carbonyl (C=O) groups is 1. The summed E-state index contributed by atoms with van der Waals surface area (Å²) in [5.41, 5.74) is 2.59. The topological polar surface area (TPSA) is 41.6 Å². The number of benzene rings is 2. The lowest BCUT2D eigenvalue weighted by Crippen LogP contribution is -2.47. The molecule has 1 aliphatic rings. The van der Waals surface area contributed by atoms with E-state index >= 15 is 0 Å². The summed E-state index contributed by atoms with van der Waals surface area (Å²) in [6.07, 6.45) is 2.39. The van der Waals surface area contributed by atoms with Gasteiger partial charge >= 0.3 is 0 Å². The lowest BCUT2D eigenvalue weighted by molar-refractivity contribution is 0.0593. The van der Waals surface area contributed by atoms with Gasteiger partial charge < -0.3 is 15.0 Å². The molecular weight excluding hydrogens is 312 g/mol. The van der Waals surface area contributed by atoms with Crippen molar-refractivity contribution in [3.8, 4) is 5.75 Å². The van der Waals surface area contributed by atoms with Crippen molar-refractivity contribution in [1.29, 1.82) is 0 Å². The number of nitrogens with zero attached hydrogens (tertiary/aromatic N) is 1. The molecule has 2 aromatic carbocycles. The maximum atomic E-state index is 13.1. The van der Waals surface area contributed by atoms with Crippen molar-refractivity contribution in [2.45, 2.75) is 32.5 Å². The fourth-order valence-electron chi connectivity index (χ4n) is 3.09. The summed E-state index contributed by atoms with van der Waals surface area (Å²) in [6.45, 7) is 8.31. The number of rotatable bonds is 6. The van der Waals surface area contributed by atoms with Crippen LogP contribution < -0.4 is 10.1 Å². The molecule has 0 aromatic heterocycles. The van der Waals surface area contributed by atoms with Crippen LogP contribution in [0.15, 0.2) is 61.2 Å². The van der Waals surface area contributed by atoms with E-state index in [4.69, 9.17) is 4.74 Å². The molecule has 1 N–H and O–H groups in total. The predicted octanol–water partition coefficient (Wildman–Crippen LogP) is 4.62. The highest BCUT2D eigenvalue weighted by Crippen LogP contribution is 2.35. The summed E-state index contributed by atoms with van der Waals surface area (Å²) in [5.74, 6) is 0.834. The van der Waals surface area contributed by atoms with Crippen molar-refractivity contribution < 1.29 is 9.53 Å². The van der Waals surface area contributed by atoms with Crippen LogP contribution in [0.3, 0.4) is 0 Å². The first kappa shape index (κ1) is 17.1. The van der Waals surface area contributed by atoms with Crippen molar-refractivity contribution in [3.63, 3.8) is 0 Å². The Morgan fingerprint density at radius 2 is 2.08 bits per heavy atom. The molecule has 1 heterocycles. The Balaban J connectivity index is 2.00. The van der Waals surface area contributed by atoms with Gasteiger partial charge in [0.25, 0.3) is 5.91 Å². The van der Waals surface area contributed by atoms with Gasteiger partial charge in [0.15, 0.2) is 0 Å². The summed E-state index contributed by atoms with van der Waals surface area (Å²) in [5, 5.41) is 3.52. The van der Waals surface area contributed by atoms with Gasteiger partial charge in [0.1, 0.15) is 18.5 Å². The summed E-state index contributed by atoms with van der Waals surface area (Å²) in [7, 11) is 0. The SMILES string of the molecule is C=CCOc1cccc([C@H]2Nc3ccccc3C(=O)N2[C@@H](C)CC)c1. The first-order valence-corrected chi connectivity index (χ1v) is 8.67. The lowest BCUT2D eigenvalue weighted by atomic mass is 10.0. The standard InChI is InChI=1S/C21H24N2O2/c1-4-13-25-17-10-8-9-16(14-17)20-22-19-12-7-6-11-18(19)21(24)23(20)15(3)5-2/h4,6-12,14-15,20,22H,1,5,13H2,2-3H3/t15-,20-/m0/s1. The molecular formula is C21H24N2O2. The molecule has 0 spiro atoms. The zero-order valence-corrected chi connectivity index (χ0v) is 14.7. The number of nitrogens with one attached hydrogen (secondary N) is 1. The van der Waals surface area contributed by atoms with Crippen molar-refractivity contribution >= 4 is 11.6 Å². The van der Waals surface area contributed by atoms with Gasteiger partial charge in [-0.3, -0.25) is 4.79 Å². The van der Waals surface area contributed by atoms with E-state index in [-0.39, 0.29) is 18.1 Å². The van der Waals surface area contributed by atoms with Crippen molar-refractivity contribution in [1.82, 2.24) is 4.90 Å². The smallest absolute Gasteiger partial charge is 0.258 e. The number of anilines is 1. The van der Waals surface area contributed by atoms with Crippen LogP contribution in [0.4, 0.5) is 5.69 Å². The number of fused-ring (bicyclic) bond motifs is 1. The van der Waals surface area contributed by atoms with E-state index in [1.807, 2.05) is 53.4 Å². The molecule has 0 radical (unpaired) electrons. The van der Waals surface area contributed by atoms with Gasteiger partial charge in [-0.25, -0.2) is 0 Å². The average Bonchev–Trinajstić information content (AvgIpc) is 2.66. The van der Waals surface area contributed by atoms with E-state index < -0.39 is 0 Å². The minimum atomic E-state index is -0.218. The van der Waals surface area contributed by atoms with Gasteiger partial charge in [0.2, 0.25) is 0 Å². The van der Waals surface area contributed by atoms with Crippen molar-refractivity contribution in [2.24, 2.45) is 0 Å². The van der Waals surface area contributed by atoms with Gasteiger partial charge in [-0.2, -0.15) is 0 Å². The molecule has 2 atom stereocenters. The second kappa shape index (κ2) is 7.43. The molecule has 0 saturated carbocycles. The normalized spacial score (nSPS) is 17.4. The van der Waals surface area contributed by atoms with Gasteiger partial charge in [0, 0.05) is 11.7 Å². The maximum Gasteiger partial charge on any atom is 0.258 e. The van der Waals surface area contributed by atoms with Crippen LogP contribution in [-0.2, 0) is 0 Å². The van der Waals surface area contributed by atoms with E-state index in [9.17, 15) is 4.79 Å². The molecule has 3 rings (SSSR count). The van der Waals surface area contributed by atoms with Gasteiger partial charge in [-0.05, 0) is 43.2 Å². The lowest BCUT2D eigenvalue weighted by Gasteiger charge is -2.41. The Labute approximate surface area is 149 Å². The highest BCUT2D eigenvalue weighted by molar-refractivity contribution is 6.01. The van der Waals surface area contributed by atoms with Crippen molar-refractivity contribution in [3.05, 3.63) is 72.3 Å². The number of hydrogen-bond acceptors (Lipinski definition) is 3. The number of carbonyl (C=O) groups excluding carboxylic acids is 1. The highest BCUT2D eigenvalue weighted by atomic mass is 16.5. The second-order valence-electron chi connectivity index (χ2n) is 6.23. The minimum Gasteiger partial charge on any atom is -0.490 e. The summed E-state index contributed by atoms with van der Waals surface area (Å²) in [6, 6.07) is 15.7. The summed E-state index contributed by atoms with van der Waals surface area (Å²) >= 11 is 0. The van der Waals surface area contributed by atoms with E-state index in [0.717, 1.165) is 29.0 Å². The molecule has 0 aliphatic carbocycles. The zero-order chi connectivity index (χ0) is 17.8. The maximum absolute atomic E-state index is 13.1. The number of ether oxygens (including phenoxy) is 1. The average molecular weight is 336 g/mol. The quantitative estimate of drug-likeness (QED) is 0.783. The summed E-state index contributed by atoms with van der Waals surface area (Å²) < 4.78 is 5.66. The second-order valence-corrected chi connectivity index (χ2v) is 6.23. The third kappa shape index (κ3) is 3.38. The Hall–Kier alpha value is -2.75. The van der Waals surface area contributed by atoms with E-state index in [1.165, 1.54) is 0 Å². The monoisotopic (exact) mass is 336 g/mol. The molecule has 130 valence electrons. The first-order valence-electron chi connectivity index (χ1n) is 8.67. The largest absolute Gasteiger partial charge is 0.490 e. The van der Waals surface area contributed by atoms with Crippen LogP contribution in [0, 0.1) is 0 Å². The number of amides is 1. The fourth-order valence-corrected chi connectivity index (χ4v) is 3.09. The number of para-hydroxylation sites is 1. The van der Waals surface area contributed by atoms with E-state index in [1.54, 1.807) is 6.08 Å². The molecule has 2 aromatic rings. The molecule has 4 heteroatoms. The first-order chi connectivity index (χ1) is 12.2. The number of hydrogen-bond donors (Lipinski definition) is 1. The highest BCUT2D eigenvalue weighted by Gasteiger charge is 2.35.